The van der Waals surface area contributed by atoms with E-state index in [2.05, 4.69) is 28.0 Å². The molecule has 0 fully saturated rings. The molecule has 3 N–H and O–H groups in total. The molecule has 0 amide bonds. The molecule has 0 heterocycles. The average molecular weight is 262 g/mol. The summed E-state index contributed by atoms with van der Waals surface area (Å²) in [5.41, 5.74) is 3.86. The van der Waals surface area contributed by atoms with Gasteiger partial charge in [0.05, 0.1) is 5.69 Å². The fourth-order valence-corrected chi connectivity index (χ4v) is 1.46. The SMILES string of the molecule is NNc1cc(I)cc(C=O)c1. The zero-order valence-electron chi connectivity index (χ0n) is 5.67. The van der Waals surface area contributed by atoms with Crippen LogP contribution in [-0.2, 0) is 0 Å². The van der Waals surface area contributed by atoms with Crippen molar-refractivity contribution in [3.8, 4) is 0 Å². The summed E-state index contributed by atoms with van der Waals surface area (Å²) in [6.45, 7) is 0. The van der Waals surface area contributed by atoms with Gasteiger partial charge >= 0.3 is 0 Å². The molecule has 0 aliphatic rings. The molecule has 11 heavy (non-hydrogen) atoms. The normalized spacial score (nSPS) is 9.27. The number of hydrogen-bond acceptors (Lipinski definition) is 3. The van der Waals surface area contributed by atoms with E-state index in [4.69, 9.17) is 5.84 Å². The largest absolute Gasteiger partial charge is 0.324 e. The second kappa shape index (κ2) is 3.68. The number of hydrogen-bond donors (Lipinski definition) is 2. The monoisotopic (exact) mass is 262 g/mol. The Bertz CT molecular complexity index is 275. The minimum Gasteiger partial charge on any atom is -0.324 e. The van der Waals surface area contributed by atoms with Crippen molar-refractivity contribution in [1.82, 2.24) is 0 Å². The van der Waals surface area contributed by atoms with Gasteiger partial charge in [-0.15, -0.1) is 0 Å². The van der Waals surface area contributed by atoms with Crippen molar-refractivity contribution < 1.29 is 4.79 Å². The summed E-state index contributed by atoms with van der Waals surface area (Å²) < 4.78 is 0.986. The maximum atomic E-state index is 10.4. The molecule has 58 valence electrons. The summed E-state index contributed by atoms with van der Waals surface area (Å²) in [6, 6.07) is 5.33. The van der Waals surface area contributed by atoms with E-state index in [0.29, 0.717) is 5.56 Å². The molecule has 0 atom stereocenters. The molecule has 0 unspecified atom stereocenters. The number of nitrogens with one attached hydrogen (secondary N) is 1. The minimum atomic E-state index is 0.629. The van der Waals surface area contributed by atoms with E-state index in [1.165, 1.54) is 0 Å². The van der Waals surface area contributed by atoms with E-state index < -0.39 is 0 Å². The number of carbonyl (C=O) groups excluding carboxylic acids is 1. The number of carbonyl (C=O) groups is 1. The number of rotatable bonds is 2. The molecule has 4 heteroatoms. The fourth-order valence-electron chi connectivity index (χ4n) is 0.764. The first-order valence-electron chi connectivity index (χ1n) is 2.98. The number of nitrogens with two attached hydrogens (primary N) is 1. The van der Waals surface area contributed by atoms with E-state index in [0.717, 1.165) is 15.5 Å². The maximum absolute atomic E-state index is 10.4. The molecular formula is C7H7IN2O. The molecule has 1 aromatic rings. The van der Waals surface area contributed by atoms with E-state index in [-0.39, 0.29) is 0 Å². The molecule has 0 radical (unpaired) electrons. The number of benzene rings is 1. The molecule has 0 spiro atoms. The summed E-state index contributed by atoms with van der Waals surface area (Å²) >= 11 is 2.12. The molecule has 0 bridgehead atoms. The highest BCUT2D eigenvalue weighted by molar-refractivity contribution is 14.1. The lowest BCUT2D eigenvalue weighted by Crippen LogP contribution is -2.07. The van der Waals surface area contributed by atoms with Crippen molar-refractivity contribution in [1.29, 1.82) is 0 Å². The lowest BCUT2D eigenvalue weighted by Gasteiger charge is -2.00. The standard InChI is InChI=1S/C7H7IN2O/c8-6-1-5(4-11)2-7(3-6)10-9/h1-4,10H,9H2. The highest BCUT2D eigenvalue weighted by atomic mass is 127. The zero-order valence-corrected chi connectivity index (χ0v) is 7.83. The number of anilines is 1. The van der Waals surface area contributed by atoms with Crippen LogP contribution in [0.1, 0.15) is 10.4 Å². The molecule has 0 saturated carbocycles. The number of hydrazine groups is 1. The number of halogens is 1. The van der Waals surface area contributed by atoms with Gasteiger partial charge in [0.25, 0.3) is 0 Å². The van der Waals surface area contributed by atoms with Crippen molar-refractivity contribution in [3.63, 3.8) is 0 Å². The Morgan fingerprint density at radius 2 is 2.18 bits per heavy atom. The molecule has 0 aliphatic heterocycles. The zero-order chi connectivity index (χ0) is 8.27. The summed E-state index contributed by atoms with van der Waals surface area (Å²) in [5.74, 6) is 5.17. The van der Waals surface area contributed by atoms with Crippen LogP contribution in [0.2, 0.25) is 0 Å². The quantitative estimate of drug-likeness (QED) is 0.366. The molecule has 3 nitrogen and oxygen atoms in total. The predicted octanol–water partition coefficient (Wildman–Crippen LogP) is 1.39. The van der Waals surface area contributed by atoms with E-state index >= 15 is 0 Å². The van der Waals surface area contributed by atoms with Crippen LogP contribution in [0.3, 0.4) is 0 Å². The van der Waals surface area contributed by atoms with Crippen LogP contribution in [0.5, 0.6) is 0 Å². The van der Waals surface area contributed by atoms with Gasteiger partial charge in [-0.05, 0) is 40.8 Å². The first-order valence-corrected chi connectivity index (χ1v) is 4.06. The second-order valence-corrected chi connectivity index (χ2v) is 3.28. The van der Waals surface area contributed by atoms with Gasteiger partial charge in [0.2, 0.25) is 0 Å². The van der Waals surface area contributed by atoms with Crippen LogP contribution in [0, 0.1) is 3.57 Å². The summed E-state index contributed by atoms with van der Waals surface area (Å²) in [7, 11) is 0. The topological polar surface area (TPSA) is 55.1 Å². The van der Waals surface area contributed by atoms with Crippen molar-refractivity contribution in [2.45, 2.75) is 0 Å². The van der Waals surface area contributed by atoms with E-state index in [9.17, 15) is 4.79 Å². The third kappa shape index (κ3) is 2.16. The van der Waals surface area contributed by atoms with Crippen LogP contribution in [-0.4, -0.2) is 6.29 Å². The lowest BCUT2D eigenvalue weighted by molar-refractivity contribution is 0.112. The third-order valence-corrected chi connectivity index (χ3v) is 1.85. The van der Waals surface area contributed by atoms with Gasteiger partial charge in [0.1, 0.15) is 6.29 Å². The molecule has 0 aromatic heterocycles. The van der Waals surface area contributed by atoms with Crippen molar-refractivity contribution in [2.75, 3.05) is 5.43 Å². The van der Waals surface area contributed by atoms with Gasteiger partial charge in [0, 0.05) is 9.13 Å². The highest BCUT2D eigenvalue weighted by Crippen LogP contribution is 2.14. The van der Waals surface area contributed by atoms with E-state index in [1.807, 2.05) is 6.07 Å². The van der Waals surface area contributed by atoms with Crippen LogP contribution >= 0.6 is 22.6 Å². The first-order chi connectivity index (χ1) is 5.26. The summed E-state index contributed by atoms with van der Waals surface area (Å²) in [6.07, 6.45) is 0.795. The number of aldehydes is 1. The smallest absolute Gasteiger partial charge is 0.150 e. The summed E-state index contributed by atoms with van der Waals surface area (Å²) in [5, 5.41) is 0. The highest BCUT2D eigenvalue weighted by Gasteiger charge is 1.95. The van der Waals surface area contributed by atoms with E-state index in [1.54, 1.807) is 12.1 Å². The van der Waals surface area contributed by atoms with Crippen LogP contribution in [0.15, 0.2) is 18.2 Å². The van der Waals surface area contributed by atoms with Crippen LogP contribution in [0.4, 0.5) is 5.69 Å². The summed E-state index contributed by atoms with van der Waals surface area (Å²) in [4.78, 5) is 10.4. The fraction of sp³-hybridized carbons (Fsp3) is 0. The number of nitrogen functional groups attached to an aromatic ring is 1. The Morgan fingerprint density at radius 1 is 1.45 bits per heavy atom. The predicted molar refractivity (Wildman–Crippen MR) is 52.4 cm³/mol. The molecule has 1 aromatic carbocycles. The van der Waals surface area contributed by atoms with Gasteiger partial charge in [-0.25, -0.2) is 0 Å². The Labute approximate surface area is 78.1 Å². The van der Waals surface area contributed by atoms with Gasteiger partial charge in [-0.3, -0.25) is 10.6 Å². The van der Waals surface area contributed by atoms with Crippen LogP contribution in [0.25, 0.3) is 0 Å². The first kappa shape index (κ1) is 8.48. The van der Waals surface area contributed by atoms with Gasteiger partial charge in [0.15, 0.2) is 0 Å². The minimum absolute atomic E-state index is 0.629. The second-order valence-electron chi connectivity index (χ2n) is 2.04. The third-order valence-electron chi connectivity index (χ3n) is 1.22. The molecule has 0 aliphatic carbocycles. The van der Waals surface area contributed by atoms with Gasteiger partial charge < -0.3 is 5.43 Å². The van der Waals surface area contributed by atoms with Crippen molar-refractivity contribution in [2.24, 2.45) is 5.84 Å². The average Bonchev–Trinajstić information content (AvgIpc) is 2.03. The Morgan fingerprint density at radius 3 is 2.73 bits per heavy atom. The molecule has 1 rings (SSSR count). The maximum Gasteiger partial charge on any atom is 0.150 e. The van der Waals surface area contributed by atoms with Gasteiger partial charge in [-0.2, -0.15) is 0 Å². The molecule has 0 saturated heterocycles. The van der Waals surface area contributed by atoms with Crippen molar-refractivity contribution in [3.05, 3.63) is 27.3 Å². The molecular weight excluding hydrogens is 255 g/mol. The van der Waals surface area contributed by atoms with Crippen LogP contribution < -0.4 is 11.3 Å². The lowest BCUT2D eigenvalue weighted by atomic mass is 10.2. The Kier molecular flexibility index (Phi) is 2.84. The Balaban J connectivity index is 3.11. The van der Waals surface area contributed by atoms with Crippen molar-refractivity contribution >= 4 is 34.6 Å². The Hall–Kier alpha value is -0.620. The van der Waals surface area contributed by atoms with Gasteiger partial charge in [-0.1, -0.05) is 0 Å².